The van der Waals surface area contributed by atoms with E-state index in [4.69, 9.17) is 10.5 Å². The zero-order chi connectivity index (χ0) is 11.3. The summed E-state index contributed by atoms with van der Waals surface area (Å²) in [6.07, 6.45) is 0.836. The number of hydrogen-bond donors (Lipinski definition) is 2. The van der Waals surface area contributed by atoms with Gasteiger partial charge in [-0.2, -0.15) is 0 Å². The Hall–Kier alpha value is -1.14. The summed E-state index contributed by atoms with van der Waals surface area (Å²) >= 11 is 0. The van der Waals surface area contributed by atoms with Crippen molar-refractivity contribution in [1.29, 1.82) is 0 Å². The molecule has 86 valence electrons. The average Bonchev–Trinajstić information content (AvgIpc) is 2.73. The van der Waals surface area contributed by atoms with Crippen molar-refractivity contribution in [2.24, 2.45) is 5.73 Å². The molecule has 2 amide bonds. The first-order valence-corrected chi connectivity index (χ1v) is 4.99. The fourth-order valence-electron chi connectivity index (χ4n) is 1.51. The second-order valence-corrected chi connectivity index (χ2v) is 3.44. The Morgan fingerprint density at radius 1 is 1.60 bits per heavy atom. The topological polar surface area (TPSA) is 84.7 Å². The molecule has 1 atom stereocenters. The number of methoxy groups -OCH3 is 1. The molecular weight excluding hydrogens is 198 g/mol. The minimum Gasteiger partial charge on any atom is -0.380 e. The molecule has 1 rings (SSSR count). The van der Waals surface area contributed by atoms with Crippen molar-refractivity contribution in [3.8, 4) is 0 Å². The van der Waals surface area contributed by atoms with E-state index in [1.54, 1.807) is 7.11 Å². The van der Waals surface area contributed by atoms with Gasteiger partial charge in [0, 0.05) is 33.3 Å². The Kier molecular flexibility index (Phi) is 4.51. The number of nitrogens with zero attached hydrogens (tertiary/aromatic N) is 1. The van der Waals surface area contributed by atoms with E-state index in [0.717, 1.165) is 6.42 Å². The van der Waals surface area contributed by atoms with E-state index in [1.165, 1.54) is 4.90 Å². The van der Waals surface area contributed by atoms with Gasteiger partial charge >= 0.3 is 11.8 Å². The summed E-state index contributed by atoms with van der Waals surface area (Å²) in [5.41, 5.74) is 5.21. The number of amides is 2. The summed E-state index contributed by atoms with van der Waals surface area (Å²) in [5.74, 6) is -1.08. The van der Waals surface area contributed by atoms with Gasteiger partial charge in [-0.1, -0.05) is 0 Å². The molecule has 0 bridgehead atoms. The van der Waals surface area contributed by atoms with Gasteiger partial charge in [-0.25, -0.2) is 0 Å². The van der Waals surface area contributed by atoms with Gasteiger partial charge in [0.1, 0.15) is 0 Å². The summed E-state index contributed by atoms with van der Waals surface area (Å²) in [6, 6.07) is 0. The van der Waals surface area contributed by atoms with E-state index in [9.17, 15) is 9.59 Å². The SMILES string of the molecule is COC1CCN(C(=O)C(=O)NCCN)C1. The minimum atomic E-state index is -0.586. The number of carbonyl (C=O) groups excluding carboxylic acids is 2. The average molecular weight is 215 g/mol. The Balaban J connectivity index is 2.37. The highest BCUT2D eigenvalue weighted by atomic mass is 16.5. The standard InChI is InChI=1S/C9H17N3O3/c1-15-7-2-5-12(6-7)9(14)8(13)11-4-3-10/h7H,2-6,10H2,1H3,(H,11,13). The number of nitrogens with two attached hydrogens (primary N) is 1. The van der Waals surface area contributed by atoms with Crippen LogP contribution >= 0.6 is 0 Å². The molecule has 6 heteroatoms. The molecule has 0 spiro atoms. The van der Waals surface area contributed by atoms with Crippen molar-refractivity contribution in [2.45, 2.75) is 12.5 Å². The van der Waals surface area contributed by atoms with Crippen molar-refractivity contribution in [2.75, 3.05) is 33.3 Å². The van der Waals surface area contributed by atoms with Crippen LogP contribution in [0.2, 0.25) is 0 Å². The molecule has 0 saturated carbocycles. The Morgan fingerprint density at radius 2 is 2.33 bits per heavy atom. The number of hydrogen-bond acceptors (Lipinski definition) is 4. The molecule has 15 heavy (non-hydrogen) atoms. The van der Waals surface area contributed by atoms with E-state index in [0.29, 0.717) is 26.2 Å². The molecular formula is C9H17N3O3. The molecule has 1 heterocycles. The largest absolute Gasteiger partial charge is 0.380 e. The Labute approximate surface area is 88.7 Å². The second kappa shape index (κ2) is 5.67. The maximum Gasteiger partial charge on any atom is 0.311 e. The number of rotatable bonds is 3. The highest BCUT2D eigenvalue weighted by Gasteiger charge is 2.29. The predicted octanol–water partition coefficient (Wildman–Crippen LogP) is -1.69. The van der Waals surface area contributed by atoms with Gasteiger partial charge < -0.3 is 20.7 Å². The molecule has 1 aliphatic heterocycles. The van der Waals surface area contributed by atoms with Gasteiger partial charge in [0.2, 0.25) is 0 Å². The maximum absolute atomic E-state index is 11.5. The number of ether oxygens (including phenoxy) is 1. The summed E-state index contributed by atoms with van der Waals surface area (Å²) in [5, 5.41) is 2.45. The van der Waals surface area contributed by atoms with E-state index in [-0.39, 0.29) is 6.10 Å². The van der Waals surface area contributed by atoms with Crippen LogP contribution in [0.1, 0.15) is 6.42 Å². The summed E-state index contributed by atoms with van der Waals surface area (Å²) in [7, 11) is 1.60. The van der Waals surface area contributed by atoms with Crippen LogP contribution < -0.4 is 11.1 Å². The van der Waals surface area contributed by atoms with Crippen LogP contribution in [0.3, 0.4) is 0 Å². The van der Waals surface area contributed by atoms with Crippen molar-refractivity contribution in [3.63, 3.8) is 0 Å². The first-order chi connectivity index (χ1) is 7.19. The van der Waals surface area contributed by atoms with Gasteiger partial charge in [0.15, 0.2) is 0 Å². The predicted molar refractivity (Wildman–Crippen MR) is 54.1 cm³/mol. The molecule has 1 aliphatic rings. The molecule has 1 saturated heterocycles. The van der Waals surface area contributed by atoms with Crippen LogP contribution in [-0.2, 0) is 14.3 Å². The van der Waals surface area contributed by atoms with Crippen molar-refractivity contribution < 1.29 is 14.3 Å². The summed E-state index contributed by atoms with van der Waals surface area (Å²) in [6.45, 7) is 1.73. The van der Waals surface area contributed by atoms with Gasteiger partial charge in [-0.05, 0) is 6.42 Å². The zero-order valence-electron chi connectivity index (χ0n) is 8.86. The minimum absolute atomic E-state index is 0.0521. The van der Waals surface area contributed by atoms with Crippen LogP contribution in [-0.4, -0.2) is 56.1 Å². The zero-order valence-corrected chi connectivity index (χ0v) is 8.86. The number of carbonyl (C=O) groups is 2. The molecule has 1 unspecified atom stereocenters. The van der Waals surface area contributed by atoms with Gasteiger partial charge in [0.25, 0.3) is 0 Å². The summed E-state index contributed by atoms with van der Waals surface area (Å²) in [4.78, 5) is 24.3. The highest BCUT2D eigenvalue weighted by molar-refractivity contribution is 6.35. The number of likely N-dealkylation sites (tertiary alicyclic amines) is 1. The lowest BCUT2D eigenvalue weighted by atomic mass is 10.3. The Bertz CT molecular complexity index is 245. The third-order valence-electron chi connectivity index (χ3n) is 2.39. The van der Waals surface area contributed by atoms with Crippen molar-refractivity contribution in [3.05, 3.63) is 0 Å². The van der Waals surface area contributed by atoms with E-state index in [1.807, 2.05) is 0 Å². The van der Waals surface area contributed by atoms with Crippen LogP contribution in [0.4, 0.5) is 0 Å². The molecule has 6 nitrogen and oxygen atoms in total. The third kappa shape index (κ3) is 3.17. The van der Waals surface area contributed by atoms with Crippen LogP contribution in [0.15, 0.2) is 0 Å². The molecule has 0 aliphatic carbocycles. The van der Waals surface area contributed by atoms with E-state index < -0.39 is 11.8 Å². The Morgan fingerprint density at radius 3 is 2.87 bits per heavy atom. The molecule has 0 radical (unpaired) electrons. The molecule has 3 N–H and O–H groups in total. The monoisotopic (exact) mass is 215 g/mol. The highest BCUT2D eigenvalue weighted by Crippen LogP contribution is 2.11. The molecule has 0 aromatic rings. The first-order valence-electron chi connectivity index (χ1n) is 4.99. The van der Waals surface area contributed by atoms with Crippen LogP contribution in [0.25, 0.3) is 0 Å². The quantitative estimate of drug-likeness (QED) is 0.550. The summed E-state index contributed by atoms with van der Waals surface area (Å²) < 4.78 is 5.11. The van der Waals surface area contributed by atoms with E-state index in [2.05, 4.69) is 5.32 Å². The molecule has 0 aromatic heterocycles. The number of nitrogens with one attached hydrogen (secondary N) is 1. The van der Waals surface area contributed by atoms with Gasteiger partial charge in [0.05, 0.1) is 6.10 Å². The van der Waals surface area contributed by atoms with Crippen molar-refractivity contribution in [1.82, 2.24) is 10.2 Å². The third-order valence-corrected chi connectivity index (χ3v) is 2.39. The smallest absolute Gasteiger partial charge is 0.311 e. The lowest BCUT2D eigenvalue weighted by Crippen LogP contribution is -2.43. The van der Waals surface area contributed by atoms with Gasteiger partial charge in [-0.3, -0.25) is 9.59 Å². The van der Waals surface area contributed by atoms with Crippen LogP contribution in [0, 0.1) is 0 Å². The fourth-order valence-corrected chi connectivity index (χ4v) is 1.51. The molecule has 1 fully saturated rings. The fraction of sp³-hybridized carbons (Fsp3) is 0.778. The maximum atomic E-state index is 11.5. The second-order valence-electron chi connectivity index (χ2n) is 3.44. The lowest BCUT2D eigenvalue weighted by Gasteiger charge is -2.15. The van der Waals surface area contributed by atoms with Crippen LogP contribution in [0.5, 0.6) is 0 Å². The molecule has 0 aromatic carbocycles. The normalized spacial score (nSPS) is 20.4. The van der Waals surface area contributed by atoms with E-state index >= 15 is 0 Å². The lowest BCUT2D eigenvalue weighted by molar-refractivity contribution is -0.145. The van der Waals surface area contributed by atoms with Gasteiger partial charge in [-0.15, -0.1) is 0 Å². The first kappa shape index (κ1) is 11.9. The van der Waals surface area contributed by atoms with Crippen molar-refractivity contribution >= 4 is 11.8 Å².